The first-order valence-electron chi connectivity index (χ1n) is 6.41. The SMILES string of the molecule is CC(C)C(CC(=O)O)NC(=O)N1CCCC1C(N)=O. The van der Waals surface area contributed by atoms with Crippen LogP contribution in [0, 0.1) is 5.92 Å². The molecular formula is C12H21N3O4. The molecule has 2 atom stereocenters. The van der Waals surface area contributed by atoms with Crippen molar-refractivity contribution in [3.8, 4) is 0 Å². The third kappa shape index (κ3) is 4.11. The molecule has 1 fully saturated rings. The molecule has 0 radical (unpaired) electrons. The van der Waals surface area contributed by atoms with Crippen LogP contribution in [0.25, 0.3) is 0 Å². The Kier molecular flexibility index (Phi) is 5.14. The Balaban J connectivity index is 2.66. The van der Waals surface area contributed by atoms with Gasteiger partial charge in [0.05, 0.1) is 6.42 Å². The molecule has 7 nitrogen and oxygen atoms in total. The van der Waals surface area contributed by atoms with Gasteiger partial charge in [0, 0.05) is 12.6 Å². The van der Waals surface area contributed by atoms with E-state index in [1.165, 1.54) is 4.90 Å². The summed E-state index contributed by atoms with van der Waals surface area (Å²) in [6.07, 6.45) is 1.15. The molecule has 0 aromatic carbocycles. The zero-order valence-corrected chi connectivity index (χ0v) is 11.3. The lowest BCUT2D eigenvalue weighted by atomic mass is 10.0. The molecule has 3 amide bonds. The van der Waals surface area contributed by atoms with E-state index < -0.39 is 30.0 Å². The number of rotatable bonds is 5. The zero-order valence-electron chi connectivity index (χ0n) is 11.3. The van der Waals surface area contributed by atoms with Crippen molar-refractivity contribution in [2.24, 2.45) is 11.7 Å². The lowest BCUT2D eigenvalue weighted by Crippen LogP contribution is -2.52. The number of carbonyl (C=O) groups excluding carboxylic acids is 2. The van der Waals surface area contributed by atoms with Crippen molar-refractivity contribution in [3.63, 3.8) is 0 Å². The molecule has 1 heterocycles. The van der Waals surface area contributed by atoms with Gasteiger partial charge < -0.3 is 21.1 Å². The fourth-order valence-corrected chi connectivity index (χ4v) is 2.19. The van der Waals surface area contributed by atoms with Gasteiger partial charge in [0.1, 0.15) is 6.04 Å². The lowest BCUT2D eigenvalue weighted by Gasteiger charge is -2.27. The summed E-state index contributed by atoms with van der Waals surface area (Å²) in [5.41, 5.74) is 5.24. The topological polar surface area (TPSA) is 113 Å². The first kappa shape index (κ1) is 15.3. The highest BCUT2D eigenvalue weighted by molar-refractivity contribution is 5.86. The predicted molar refractivity (Wildman–Crippen MR) is 68.3 cm³/mol. The number of carboxylic acids is 1. The molecule has 2 unspecified atom stereocenters. The van der Waals surface area contributed by atoms with Gasteiger partial charge in [-0.25, -0.2) is 4.79 Å². The summed E-state index contributed by atoms with van der Waals surface area (Å²) >= 11 is 0. The summed E-state index contributed by atoms with van der Waals surface area (Å²) in [6.45, 7) is 4.14. The molecule has 0 aromatic heterocycles. The first-order chi connectivity index (χ1) is 8.82. The van der Waals surface area contributed by atoms with E-state index in [-0.39, 0.29) is 12.3 Å². The van der Waals surface area contributed by atoms with E-state index in [0.717, 1.165) is 6.42 Å². The normalized spacial score (nSPS) is 20.4. The van der Waals surface area contributed by atoms with Crippen LogP contribution >= 0.6 is 0 Å². The van der Waals surface area contributed by atoms with Crippen molar-refractivity contribution in [3.05, 3.63) is 0 Å². The number of primary amides is 1. The maximum absolute atomic E-state index is 12.1. The van der Waals surface area contributed by atoms with Gasteiger partial charge in [-0.1, -0.05) is 13.8 Å². The summed E-state index contributed by atoms with van der Waals surface area (Å²) in [5.74, 6) is -1.49. The van der Waals surface area contributed by atoms with Gasteiger partial charge in [0.25, 0.3) is 0 Å². The molecule has 19 heavy (non-hydrogen) atoms. The van der Waals surface area contributed by atoms with Crippen molar-refractivity contribution >= 4 is 17.9 Å². The van der Waals surface area contributed by atoms with Crippen LogP contribution in [0.3, 0.4) is 0 Å². The van der Waals surface area contributed by atoms with E-state index >= 15 is 0 Å². The highest BCUT2D eigenvalue weighted by Gasteiger charge is 2.34. The van der Waals surface area contributed by atoms with Gasteiger partial charge in [-0.2, -0.15) is 0 Å². The van der Waals surface area contributed by atoms with Crippen LogP contribution in [0.5, 0.6) is 0 Å². The smallest absolute Gasteiger partial charge is 0.318 e. The lowest BCUT2D eigenvalue weighted by molar-refractivity contribution is -0.137. The molecule has 7 heteroatoms. The van der Waals surface area contributed by atoms with Crippen LogP contribution in [0.2, 0.25) is 0 Å². The van der Waals surface area contributed by atoms with E-state index in [4.69, 9.17) is 10.8 Å². The summed E-state index contributed by atoms with van der Waals surface area (Å²) in [6, 6.07) is -1.46. The van der Waals surface area contributed by atoms with Crippen LogP contribution in [-0.4, -0.2) is 46.5 Å². The van der Waals surface area contributed by atoms with Crippen LogP contribution in [-0.2, 0) is 9.59 Å². The quantitative estimate of drug-likeness (QED) is 0.660. The van der Waals surface area contributed by atoms with E-state index in [0.29, 0.717) is 13.0 Å². The fourth-order valence-electron chi connectivity index (χ4n) is 2.19. The van der Waals surface area contributed by atoms with Crippen molar-refractivity contribution in [2.75, 3.05) is 6.54 Å². The van der Waals surface area contributed by atoms with E-state index in [9.17, 15) is 14.4 Å². The maximum Gasteiger partial charge on any atom is 0.318 e. The second-order valence-corrected chi connectivity index (χ2v) is 5.15. The molecule has 1 aliphatic rings. The average molecular weight is 271 g/mol. The predicted octanol–water partition coefficient (Wildman–Crippen LogP) is 0.145. The van der Waals surface area contributed by atoms with Crippen LogP contribution in [0.4, 0.5) is 4.79 Å². The monoisotopic (exact) mass is 271 g/mol. The van der Waals surface area contributed by atoms with Gasteiger partial charge >= 0.3 is 12.0 Å². The molecule has 0 saturated carbocycles. The van der Waals surface area contributed by atoms with Gasteiger partial charge in [0.2, 0.25) is 5.91 Å². The van der Waals surface area contributed by atoms with E-state index in [2.05, 4.69) is 5.32 Å². The van der Waals surface area contributed by atoms with Gasteiger partial charge in [-0.05, 0) is 18.8 Å². The molecule has 1 rings (SSSR count). The number of carboxylic acid groups (broad SMARTS) is 1. The molecule has 4 N–H and O–H groups in total. The Morgan fingerprint density at radius 3 is 2.53 bits per heavy atom. The number of hydrogen-bond donors (Lipinski definition) is 3. The highest BCUT2D eigenvalue weighted by Crippen LogP contribution is 2.17. The molecule has 0 spiro atoms. The summed E-state index contributed by atoms with van der Waals surface area (Å²) in [7, 11) is 0. The maximum atomic E-state index is 12.1. The molecule has 1 aliphatic heterocycles. The first-order valence-corrected chi connectivity index (χ1v) is 6.41. The minimum absolute atomic E-state index is 0.00492. The van der Waals surface area contributed by atoms with E-state index in [1.54, 1.807) is 0 Å². The number of nitrogens with one attached hydrogen (secondary N) is 1. The summed E-state index contributed by atoms with van der Waals surface area (Å²) in [5, 5.41) is 11.5. The van der Waals surface area contributed by atoms with Crippen molar-refractivity contribution in [1.82, 2.24) is 10.2 Å². The third-order valence-electron chi connectivity index (χ3n) is 3.35. The summed E-state index contributed by atoms with van der Waals surface area (Å²) < 4.78 is 0. The number of amides is 3. The number of nitrogens with zero attached hydrogens (tertiary/aromatic N) is 1. The Hall–Kier alpha value is -1.79. The number of likely N-dealkylation sites (tertiary alicyclic amines) is 1. The molecule has 0 bridgehead atoms. The van der Waals surface area contributed by atoms with Gasteiger partial charge in [-0.15, -0.1) is 0 Å². The second-order valence-electron chi connectivity index (χ2n) is 5.15. The van der Waals surface area contributed by atoms with Gasteiger partial charge in [0.15, 0.2) is 0 Å². The largest absolute Gasteiger partial charge is 0.481 e. The number of urea groups is 1. The third-order valence-corrected chi connectivity index (χ3v) is 3.35. The fraction of sp³-hybridized carbons (Fsp3) is 0.750. The van der Waals surface area contributed by atoms with Crippen LogP contribution in [0.1, 0.15) is 33.1 Å². The van der Waals surface area contributed by atoms with Crippen molar-refractivity contribution < 1.29 is 19.5 Å². The number of aliphatic carboxylic acids is 1. The van der Waals surface area contributed by atoms with Crippen LogP contribution < -0.4 is 11.1 Å². The van der Waals surface area contributed by atoms with Crippen molar-refractivity contribution in [2.45, 2.75) is 45.2 Å². The summed E-state index contributed by atoms with van der Waals surface area (Å²) in [4.78, 5) is 35.4. The van der Waals surface area contributed by atoms with Crippen molar-refractivity contribution in [1.29, 1.82) is 0 Å². The molecular weight excluding hydrogens is 250 g/mol. The minimum atomic E-state index is -0.966. The molecule has 0 aromatic rings. The second kappa shape index (κ2) is 6.40. The molecule has 0 aliphatic carbocycles. The zero-order chi connectivity index (χ0) is 14.6. The number of carbonyl (C=O) groups is 3. The van der Waals surface area contributed by atoms with E-state index in [1.807, 2.05) is 13.8 Å². The average Bonchev–Trinajstić information content (AvgIpc) is 2.76. The number of hydrogen-bond acceptors (Lipinski definition) is 3. The standard InChI is InChI=1S/C12H21N3O4/c1-7(2)8(6-10(16)17)14-12(19)15-5-3-4-9(15)11(13)18/h7-9H,3-6H2,1-2H3,(H2,13,18)(H,14,19)(H,16,17). The molecule has 1 saturated heterocycles. The number of nitrogens with two attached hydrogens (primary N) is 1. The van der Waals surface area contributed by atoms with Gasteiger partial charge in [-0.3, -0.25) is 9.59 Å². The molecule has 108 valence electrons. The Labute approximate surface area is 112 Å². The highest BCUT2D eigenvalue weighted by atomic mass is 16.4. The Bertz CT molecular complexity index is 370. The Morgan fingerprint density at radius 2 is 2.05 bits per heavy atom. The van der Waals surface area contributed by atoms with Crippen LogP contribution in [0.15, 0.2) is 0 Å². The minimum Gasteiger partial charge on any atom is -0.481 e. The Morgan fingerprint density at radius 1 is 1.42 bits per heavy atom.